The predicted octanol–water partition coefficient (Wildman–Crippen LogP) is 3.53. The van der Waals surface area contributed by atoms with Crippen LogP contribution >= 0.6 is 15.9 Å². The third-order valence-corrected chi connectivity index (χ3v) is 4.06. The number of nitrogens with one attached hydrogen (secondary N) is 1. The van der Waals surface area contributed by atoms with Gasteiger partial charge >= 0.3 is 0 Å². The maximum absolute atomic E-state index is 5.41. The zero-order chi connectivity index (χ0) is 12.1. The SMILES string of the molecule is CNC(CC1CCOCC1)c1ccc(Br)cc1. The molecule has 2 nitrogen and oxygen atoms in total. The molecule has 1 unspecified atom stereocenters. The minimum absolute atomic E-state index is 0.464. The van der Waals surface area contributed by atoms with Crippen LogP contribution in [0.1, 0.15) is 30.9 Å². The molecular weight excluding hydrogens is 278 g/mol. The Bertz CT molecular complexity index is 333. The molecular formula is C14H20BrNO. The van der Waals surface area contributed by atoms with Gasteiger partial charge in [0.05, 0.1) is 0 Å². The van der Waals surface area contributed by atoms with Crippen molar-refractivity contribution in [1.82, 2.24) is 5.32 Å². The molecule has 0 bridgehead atoms. The van der Waals surface area contributed by atoms with E-state index in [0.717, 1.165) is 23.6 Å². The van der Waals surface area contributed by atoms with Gasteiger partial charge in [-0.3, -0.25) is 0 Å². The lowest BCUT2D eigenvalue weighted by atomic mass is 9.89. The van der Waals surface area contributed by atoms with Crippen molar-refractivity contribution < 1.29 is 4.74 Å². The molecule has 1 N–H and O–H groups in total. The Balaban J connectivity index is 1.97. The Morgan fingerprint density at radius 3 is 2.53 bits per heavy atom. The highest BCUT2D eigenvalue weighted by atomic mass is 79.9. The van der Waals surface area contributed by atoms with Crippen LogP contribution in [0.5, 0.6) is 0 Å². The first-order chi connectivity index (χ1) is 8.29. The first-order valence-electron chi connectivity index (χ1n) is 6.30. The highest BCUT2D eigenvalue weighted by Crippen LogP contribution is 2.28. The molecule has 1 aromatic rings. The zero-order valence-electron chi connectivity index (χ0n) is 10.3. The van der Waals surface area contributed by atoms with E-state index in [0.29, 0.717) is 6.04 Å². The second-order valence-corrected chi connectivity index (χ2v) is 5.60. The first-order valence-corrected chi connectivity index (χ1v) is 7.09. The normalized spacial score (nSPS) is 19.2. The van der Waals surface area contributed by atoms with E-state index < -0.39 is 0 Å². The van der Waals surface area contributed by atoms with Gasteiger partial charge in [0, 0.05) is 23.7 Å². The molecule has 1 aliphatic rings. The number of ether oxygens (including phenoxy) is 1. The number of benzene rings is 1. The van der Waals surface area contributed by atoms with Crippen LogP contribution in [0.4, 0.5) is 0 Å². The molecule has 0 spiro atoms. The molecule has 94 valence electrons. The lowest BCUT2D eigenvalue weighted by molar-refractivity contribution is 0.0608. The molecule has 0 aromatic heterocycles. The summed E-state index contributed by atoms with van der Waals surface area (Å²) in [5.41, 5.74) is 1.38. The smallest absolute Gasteiger partial charge is 0.0468 e. The van der Waals surface area contributed by atoms with Crippen molar-refractivity contribution in [2.24, 2.45) is 5.92 Å². The van der Waals surface area contributed by atoms with Crippen LogP contribution in [0.25, 0.3) is 0 Å². The molecule has 0 aliphatic carbocycles. The molecule has 2 rings (SSSR count). The van der Waals surface area contributed by atoms with Crippen LogP contribution in [0, 0.1) is 5.92 Å². The van der Waals surface area contributed by atoms with E-state index in [-0.39, 0.29) is 0 Å². The molecule has 1 aliphatic heterocycles. The van der Waals surface area contributed by atoms with Gasteiger partial charge in [0.1, 0.15) is 0 Å². The van der Waals surface area contributed by atoms with Gasteiger partial charge < -0.3 is 10.1 Å². The summed E-state index contributed by atoms with van der Waals surface area (Å²) < 4.78 is 6.55. The van der Waals surface area contributed by atoms with Crippen molar-refractivity contribution in [2.45, 2.75) is 25.3 Å². The average molecular weight is 298 g/mol. The summed E-state index contributed by atoms with van der Waals surface area (Å²) in [7, 11) is 2.05. The summed E-state index contributed by atoms with van der Waals surface area (Å²) in [6.07, 6.45) is 3.62. The van der Waals surface area contributed by atoms with E-state index in [1.165, 1.54) is 24.8 Å². The Kier molecular flexibility index (Phi) is 5.01. The number of rotatable bonds is 4. The third-order valence-electron chi connectivity index (χ3n) is 3.53. The fourth-order valence-corrected chi connectivity index (χ4v) is 2.70. The number of halogens is 1. The quantitative estimate of drug-likeness (QED) is 0.918. The van der Waals surface area contributed by atoms with Gasteiger partial charge in [-0.1, -0.05) is 28.1 Å². The fourth-order valence-electron chi connectivity index (χ4n) is 2.43. The van der Waals surface area contributed by atoms with Crippen molar-refractivity contribution in [3.8, 4) is 0 Å². The summed E-state index contributed by atoms with van der Waals surface area (Å²) in [6.45, 7) is 1.86. The Labute approximate surface area is 112 Å². The van der Waals surface area contributed by atoms with Crippen molar-refractivity contribution in [3.63, 3.8) is 0 Å². The molecule has 1 aromatic carbocycles. The monoisotopic (exact) mass is 297 g/mol. The van der Waals surface area contributed by atoms with Crippen LogP contribution in [0.15, 0.2) is 28.7 Å². The largest absolute Gasteiger partial charge is 0.381 e. The molecule has 3 heteroatoms. The van der Waals surface area contributed by atoms with Crippen molar-refractivity contribution in [3.05, 3.63) is 34.3 Å². The molecule has 1 saturated heterocycles. The molecule has 0 saturated carbocycles. The molecule has 0 radical (unpaired) electrons. The predicted molar refractivity (Wildman–Crippen MR) is 74.1 cm³/mol. The number of hydrogen-bond acceptors (Lipinski definition) is 2. The van der Waals surface area contributed by atoms with Crippen molar-refractivity contribution in [1.29, 1.82) is 0 Å². The van der Waals surface area contributed by atoms with Gasteiger partial charge in [0.25, 0.3) is 0 Å². The standard InChI is InChI=1S/C14H20BrNO/c1-16-14(10-11-6-8-17-9-7-11)12-2-4-13(15)5-3-12/h2-5,11,14,16H,6-10H2,1H3. The maximum atomic E-state index is 5.41. The summed E-state index contributed by atoms with van der Waals surface area (Å²) in [6, 6.07) is 9.09. The molecule has 17 heavy (non-hydrogen) atoms. The Hall–Kier alpha value is -0.380. The molecule has 1 fully saturated rings. The van der Waals surface area contributed by atoms with Crippen LogP contribution in [0.3, 0.4) is 0 Å². The second kappa shape index (κ2) is 6.53. The van der Waals surface area contributed by atoms with E-state index in [9.17, 15) is 0 Å². The van der Waals surface area contributed by atoms with Gasteiger partial charge in [-0.15, -0.1) is 0 Å². The summed E-state index contributed by atoms with van der Waals surface area (Å²) >= 11 is 3.48. The maximum Gasteiger partial charge on any atom is 0.0468 e. The van der Waals surface area contributed by atoms with Gasteiger partial charge in [0.2, 0.25) is 0 Å². The van der Waals surface area contributed by atoms with Gasteiger partial charge in [-0.25, -0.2) is 0 Å². The molecule has 1 heterocycles. The van der Waals surface area contributed by atoms with Gasteiger partial charge in [-0.2, -0.15) is 0 Å². The topological polar surface area (TPSA) is 21.3 Å². The van der Waals surface area contributed by atoms with Crippen molar-refractivity contribution in [2.75, 3.05) is 20.3 Å². The summed E-state index contributed by atoms with van der Waals surface area (Å²) in [5, 5.41) is 3.43. The van der Waals surface area contributed by atoms with Crippen LogP contribution < -0.4 is 5.32 Å². The van der Waals surface area contributed by atoms with Crippen molar-refractivity contribution >= 4 is 15.9 Å². The van der Waals surface area contributed by atoms with E-state index in [4.69, 9.17) is 4.74 Å². The Morgan fingerprint density at radius 2 is 1.94 bits per heavy atom. The van der Waals surface area contributed by atoms with Crippen LogP contribution in [0.2, 0.25) is 0 Å². The van der Waals surface area contributed by atoms with E-state index in [1.807, 2.05) is 7.05 Å². The highest BCUT2D eigenvalue weighted by molar-refractivity contribution is 9.10. The van der Waals surface area contributed by atoms with E-state index >= 15 is 0 Å². The lowest BCUT2D eigenvalue weighted by Gasteiger charge is -2.26. The van der Waals surface area contributed by atoms with Crippen LogP contribution in [-0.2, 0) is 4.74 Å². The molecule has 0 amide bonds. The third kappa shape index (κ3) is 3.80. The summed E-state index contributed by atoms with van der Waals surface area (Å²) in [4.78, 5) is 0. The highest BCUT2D eigenvalue weighted by Gasteiger charge is 2.19. The minimum atomic E-state index is 0.464. The Morgan fingerprint density at radius 1 is 1.29 bits per heavy atom. The zero-order valence-corrected chi connectivity index (χ0v) is 11.9. The lowest BCUT2D eigenvalue weighted by Crippen LogP contribution is -2.23. The summed E-state index contributed by atoms with van der Waals surface area (Å²) in [5.74, 6) is 0.796. The first kappa shape index (κ1) is 13.1. The molecule has 1 atom stereocenters. The minimum Gasteiger partial charge on any atom is -0.381 e. The fraction of sp³-hybridized carbons (Fsp3) is 0.571. The second-order valence-electron chi connectivity index (χ2n) is 4.68. The van der Waals surface area contributed by atoms with Gasteiger partial charge in [0.15, 0.2) is 0 Å². The van der Waals surface area contributed by atoms with E-state index in [2.05, 4.69) is 45.5 Å². The number of hydrogen-bond donors (Lipinski definition) is 1. The van der Waals surface area contributed by atoms with Gasteiger partial charge in [-0.05, 0) is 49.9 Å². The van der Waals surface area contributed by atoms with Crippen LogP contribution in [-0.4, -0.2) is 20.3 Å². The average Bonchev–Trinajstić information content (AvgIpc) is 2.38. The van der Waals surface area contributed by atoms with E-state index in [1.54, 1.807) is 0 Å².